The van der Waals surface area contributed by atoms with Gasteiger partial charge in [-0.15, -0.1) is 0 Å². The van der Waals surface area contributed by atoms with E-state index in [4.69, 9.17) is 0 Å². The lowest BCUT2D eigenvalue weighted by Gasteiger charge is -2.14. The van der Waals surface area contributed by atoms with Crippen molar-refractivity contribution in [2.45, 2.75) is 27.3 Å². The van der Waals surface area contributed by atoms with Crippen LogP contribution in [-0.2, 0) is 11.3 Å². The Balaban J connectivity index is 2.08. The fourth-order valence-electron chi connectivity index (χ4n) is 2.67. The maximum Gasteiger partial charge on any atom is 0.338 e. The largest absolute Gasteiger partial charge is 0.465 e. The Kier molecular flexibility index (Phi) is 6.27. The number of hydrogen-bond donors (Lipinski definition) is 1. The zero-order valence-electron chi connectivity index (χ0n) is 15.7. The quantitative estimate of drug-likeness (QED) is 0.451. The van der Waals surface area contributed by atoms with E-state index in [1.54, 1.807) is 0 Å². The van der Waals surface area contributed by atoms with E-state index in [-0.39, 0.29) is 22.7 Å². The van der Waals surface area contributed by atoms with Crippen LogP contribution in [0, 0.1) is 29.9 Å². The molecule has 2 aromatic rings. The van der Waals surface area contributed by atoms with Gasteiger partial charge in [-0.1, -0.05) is 6.92 Å². The third kappa shape index (κ3) is 5.13. The third-order valence-corrected chi connectivity index (χ3v) is 4.01. The van der Waals surface area contributed by atoms with E-state index in [0.29, 0.717) is 13.1 Å². The molecule has 144 valence electrons. The van der Waals surface area contributed by atoms with Crippen LogP contribution in [0.1, 0.15) is 39.0 Å². The van der Waals surface area contributed by atoms with Gasteiger partial charge in [-0.3, -0.25) is 19.6 Å². The molecular weight excluding hydrogens is 352 g/mol. The fourth-order valence-corrected chi connectivity index (χ4v) is 2.67. The average molecular weight is 374 g/mol. The second-order valence-electron chi connectivity index (χ2n) is 6.44. The number of nitro benzene ring substituents is 1. The summed E-state index contributed by atoms with van der Waals surface area (Å²) >= 11 is 0. The molecule has 0 radical (unpaired) electrons. The van der Waals surface area contributed by atoms with Crippen LogP contribution >= 0.6 is 0 Å². The fraction of sp³-hybridized carbons (Fsp3) is 0.389. The van der Waals surface area contributed by atoms with E-state index in [0.717, 1.165) is 23.5 Å². The maximum atomic E-state index is 12.4. The molecule has 27 heavy (non-hydrogen) atoms. The van der Waals surface area contributed by atoms with Gasteiger partial charge in [0.25, 0.3) is 11.6 Å². The smallest absolute Gasteiger partial charge is 0.338 e. The minimum Gasteiger partial charge on any atom is -0.465 e. The van der Waals surface area contributed by atoms with Gasteiger partial charge in [-0.25, -0.2) is 4.79 Å². The highest BCUT2D eigenvalue weighted by atomic mass is 16.6. The molecule has 1 heterocycles. The molecule has 9 nitrogen and oxygen atoms in total. The molecule has 1 atom stereocenters. The lowest BCUT2D eigenvalue weighted by Crippen LogP contribution is -2.30. The number of hydrogen-bond acceptors (Lipinski definition) is 6. The van der Waals surface area contributed by atoms with Crippen molar-refractivity contribution >= 4 is 17.6 Å². The second kappa shape index (κ2) is 8.43. The topological polar surface area (TPSA) is 116 Å². The molecule has 1 N–H and O–H groups in total. The molecule has 0 bridgehead atoms. The van der Waals surface area contributed by atoms with Crippen LogP contribution in [-0.4, -0.2) is 40.2 Å². The predicted molar refractivity (Wildman–Crippen MR) is 97.6 cm³/mol. The molecule has 0 saturated heterocycles. The van der Waals surface area contributed by atoms with Gasteiger partial charge in [-0.2, -0.15) is 5.10 Å². The van der Waals surface area contributed by atoms with Crippen LogP contribution < -0.4 is 5.32 Å². The first-order chi connectivity index (χ1) is 12.7. The number of ether oxygens (including phenoxy) is 1. The third-order valence-electron chi connectivity index (χ3n) is 4.01. The second-order valence-corrected chi connectivity index (χ2v) is 6.44. The first-order valence-electron chi connectivity index (χ1n) is 8.38. The Morgan fingerprint density at radius 1 is 1.26 bits per heavy atom. The summed E-state index contributed by atoms with van der Waals surface area (Å²) < 4.78 is 6.45. The lowest BCUT2D eigenvalue weighted by atomic mass is 10.1. The first kappa shape index (κ1) is 20.1. The number of non-ortho nitro benzene ring substituents is 1. The standard InChI is InChI=1S/C18H22N4O5/c1-11(10-21-13(3)5-12(2)20-21)9-19-17(23)14-6-15(18(24)27-4)8-16(7-14)22(25)26/h5-8,11H,9-10H2,1-4H3,(H,19,23)/t11-/m1/s1. The molecule has 0 aliphatic heterocycles. The number of rotatable bonds is 7. The maximum absolute atomic E-state index is 12.4. The van der Waals surface area contributed by atoms with Gasteiger partial charge in [0.1, 0.15) is 0 Å². The molecule has 0 unspecified atom stereocenters. The van der Waals surface area contributed by atoms with Crippen molar-refractivity contribution in [2.75, 3.05) is 13.7 Å². The highest BCUT2D eigenvalue weighted by Crippen LogP contribution is 2.18. The number of aryl methyl sites for hydroxylation is 2. The number of nitrogens with zero attached hydrogens (tertiary/aromatic N) is 3. The van der Waals surface area contributed by atoms with Gasteiger partial charge in [0, 0.05) is 36.5 Å². The molecule has 0 aliphatic carbocycles. The summed E-state index contributed by atoms with van der Waals surface area (Å²) in [4.78, 5) is 34.5. The number of methoxy groups -OCH3 is 1. The van der Waals surface area contributed by atoms with E-state index < -0.39 is 16.8 Å². The van der Waals surface area contributed by atoms with Gasteiger partial charge in [0.2, 0.25) is 0 Å². The van der Waals surface area contributed by atoms with Gasteiger partial charge >= 0.3 is 5.97 Å². The van der Waals surface area contributed by atoms with Crippen molar-refractivity contribution in [2.24, 2.45) is 5.92 Å². The van der Waals surface area contributed by atoms with Crippen molar-refractivity contribution in [3.8, 4) is 0 Å². The van der Waals surface area contributed by atoms with Crippen LogP contribution in [0.15, 0.2) is 24.3 Å². The minimum absolute atomic E-state index is 0.0305. The molecule has 0 fully saturated rings. The van der Waals surface area contributed by atoms with Crippen LogP contribution in [0.3, 0.4) is 0 Å². The molecule has 1 amide bonds. The van der Waals surface area contributed by atoms with Crippen LogP contribution in [0.5, 0.6) is 0 Å². The van der Waals surface area contributed by atoms with Gasteiger partial charge in [-0.05, 0) is 31.9 Å². The monoisotopic (exact) mass is 374 g/mol. The number of esters is 1. The summed E-state index contributed by atoms with van der Waals surface area (Å²) in [6.07, 6.45) is 0. The van der Waals surface area contributed by atoms with Gasteiger partial charge in [0.05, 0.1) is 23.3 Å². The SMILES string of the molecule is COC(=O)c1cc(C(=O)NC[C@@H](C)Cn2nc(C)cc2C)cc([N+](=O)[O-])c1. The molecule has 0 spiro atoms. The normalized spacial score (nSPS) is 11.7. The number of carbonyl (C=O) groups excluding carboxylic acids is 2. The van der Waals surface area contributed by atoms with Crippen molar-refractivity contribution in [1.82, 2.24) is 15.1 Å². The summed E-state index contributed by atoms with van der Waals surface area (Å²) in [7, 11) is 1.17. The van der Waals surface area contributed by atoms with Crippen molar-refractivity contribution in [3.05, 3.63) is 56.9 Å². The molecule has 0 saturated carbocycles. The average Bonchev–Trinajstić information content (AvgIpc) is 2.95. The van der Waals surface area contributed by atoms with Crippen molar-refractivity contribution in [1.29, 1.82) is 0 Å². The number of carbonyl (C=O) groups is 2. The Hall–Kier alpha value is -3.23. The summed E-state index contributed by atoms with van der Waals surface area (Å²) in [6.45, 7) is 6.82. The summed E-state index contributed by atoms with van der Waals surface area (Å²) in [5.41, 5.74) is 1.59. The highest BCUT2D eigenvalue weighted by molar-refractivity contribution is 5.98. The van der Waals surface area contributed by atoms with Crippen LogP contribution in [0.25, 0.3) is 0 Å². The molecule has 9 heteroatoms. The molecular formula is C18H22N4O5. The minimum atomic E-state index is -0.745. The Bertz CT molecular complexity index is 875. The van der Waals surface area contributed by atoms with E-state index >= 15 is 0 Å². The summed E-state index contributed by atoms with van der Waals surface area (Å²) in [5, 5.41) is 18.2. The van der Waals surface area contributed by atoms with Gasteiger partial charge < -0.3 is 10.1 Å². The van der Waals surface area contributed by atoms with E-state index in [2.05, 4.69) is 15.2 Å². The van der Waals surface area contributed by atoms with E-state index in [1.165, 1.54) is 13.2 Å². The van der Waals surface area contributed by atoms with Gasteiger partial charge in [0.15, 0.2) is 0 Å². The Labute approximate surface area is 156 Å². The van der Waals surface area contributed by atoms with E-state index in [1.807, 2.05) is 31.5 Å². The number of nitro groups is 1. The van der Waals surface area contributed by atoms with Crippen molar-refractivity contribution in [3.63, 3.8) is 0 Å². The molecule has 2 rings (SSSR count). The summed E-state index contributed by atoms with van der Waals surface area (Å²) in [6, 6.07) is 5.46. The van der Waals surface area contributed by atoms with Crippen molar-refractivity contribution < 1.29 is 19.2 Å². The number of aromatic nitrogens is 2. The Morgan fingerprint density at radius 2 is 1.93 bits per heavy atom. The zero-order chi connectivity index (χ0) is 20.1. The summed E-state index contributed by atoms with van der Waals surface area (Å²) in [5.74, 6) is -1.15. The van der Waals surface area contributed by atoms with Crippen LogP contribution in [0.2, 0.25) is 0 Å². The molecule has 1 aromatic carbocycles. The lowest BCUT2D eigenvalue weighted by molar-refractivity contribution is -0.384. The zero-order valence-corrected chi connectivity index (χ0v) is 15.7. The Morgan fingerprint density at radius 3 is 2.48 bits per heavy atom. The van der Waals surface area contributed by atoms with E-state index in [9.17, 15) is 19.7 Å². The number of benzene rings is 1. The van der Waals surface area contributed by atoms with Crippen LogP contribution in [0.4, 0.5) is 5.69 Å². The number of amides is 1. The first-order valence-corrected chi connectivity index (χ1v) is 8.38. The number of nitrogens with one attached hydrogen (secondary N) is 1. The predicted octanol–water partition coefficient (Wildman–Crippen LogP) is 2.26. The highest BCUT2D eigenvalue weighted by Gasteiger charge is 2.19. The molecule has 1 aromatic heterocycles. The molecule has 0 aliphatic rings.